The van der Waals surface area contributed by atoms with Gasteiger partial charge in [-0.1, -0.05) is 24.3 Å². The van der Waals surface area contributed by atoms with E-state index in [0.717, 1.165) is 23.7 Å². The third kappa shape index (κ3) is 6.03. The van der Waals surface area contributed by atoms with Gasteiger partial charge in [-0.15, -0.1) is 0 Å². The number of hydrogen-bond donors (Lipinski definition) is 2. The number of nitrogens with one attached hydrogen (secondary N) is 1. The summed E-state index contributed by atoms with van der Waals surface area (Å²) in [6.45, 7) is 0. The van der Waals surface area contributed by atoms with Crippen molar-refractivity contribution < 1.29 is 30.7 Å². The molecule has 0 radical (unpaired) electrons. The minimum atomic E-state index is -4.48. The Labute approximate surface area is 240 Å². The Hall–Kier alpha value is -4.97. The average molecular weight is 610 g/mol. The largest absolute Gasteiger partial charge is 0.472 e. The molecule has 0 atom stereocenters. The van der Waals surface area contributed by atoms with Crippen molar-refractivity contribution in [3.63, 3.8) is 0 Å². The number of benzene rings is 3. The molecule has 0 unspecified atom stereocenters. The first-order valence-corrected chi connectivity index (χ1v) is 14.2. The maximum absolute atomic E-state index is 13.1. The lowest BCUT2D eigenvalue weighted by atomic mass is 10.0. The second kappa shape index (κ2) is 11.5. The molecular weight excluding hydrogens is 591 g/mol. The van der Waals surface area contributed by atoms with Gasteiger partial charge in [0.25, 0.3) is 0 Å². The number of fused-ring (bicyclic) bond motifs is 1. The summed E-state index contributed by atoms with van der Waals surface area (Å²) in [7, 11) is -3.72. The SMILES string of the molecule is N#Cc1c[nH]c2cccc(Oc3ccc(C(F)(F)F)cc3-c3ccoc3)c12.NS(=O)(=O)c1ccccc1-c1ncns1. The second-order valence-electron chi connectivity index (χ2n) is 8.60. The maximum atomic E-state index is 13.1. The molecule has 0 aliphatic carbocycles. The summed E-state index contributed by atoms with van der Waals surface area (Å²) in [5.41, 5.74) is 1.48. The van der Waals surface area contributed by atoms with Crippen LogP contribution in [0.4, 0.5) is 13.2 Å². The number of hydrogen-bond acceptors (Lipinski definition) is 8. The van der Waals surface area contributed by atoms with E-state index in [1.807, 2.05) is 0 Å². The Morgan fingerprint density at radius 2 is 1.83 bits per heavy atom. The first-order valence-electron chi connectivity index (χ1n) is 11.9. The van der Waals surface area contributed by atoms with E-state index in [0.29, 0.717) is 38.4 Å². The van der Waals surface area contributed by atoms with Crippen molar-refractivity contribution >= 4 is 32.5 Å². The van der Waals surface area contributed by atoms with Crippen LogP contribution in [-0.2, 0) is 16.2 Å². The Morgan fingerprint density at radius 1 is 1.02 bits per heavy atom. The van der Waals surface area contributed by atoms with Crippen LogP contribution in [-0.4, -0.2) is 22.8 Å². The van der Waals surface area contributed by atoms with E-state index >= 15 is 0 Å². The molecule has 0 saturated carbocycles. The third-order valence-electron chi connectivity index (χ3n) is 5.93. The van der Waals surface area contributed by atoms with Crippen LogP contribution in [0.25, 0.3) is 32.6 Å². The van der Waals surface area contributed by atoms with Crippen molar-refractivity contribution in [1.29, 1.82) is 5.26 Å². The van der Waals surface area contributed by atoms with E-state index < -0.39 is 21.8 Å². The standard InChI is InChI=1S/C20H11F3N2O2.C8H7N3O2S2/c21-20(22,23)14-4-5-17(15(8-14)12-6-7-26-11-12)27-18-3-1-2-16-19(18)13(9-24)10-25-16;9-15(12,13)7-4-2-1-3-6(7)8-10-5-11-14-8/h1-8,10-11,25H;1-5H,(H2,9,12,13). The van der Waals surface area contributed by atoms with Crippen LogP contribution >= 0.6 is 11.5 Å². The number of nitrogens with zero attached hydrogens (tertiary/aromatic N) is 3. The maximum Gasteiger partial charge on any atom is 0.416 e. The van der Waals surface area contributed by atoms with Crippen LogP contribution in [0.1, 0.15) is 11.1 Å². The van der Waals surface area contributed by atoms with Crippen molar-refractivity contribution in [2.75, 3.05) is 0 Å². The molecule has 42 heavy (non-hydrogen) atoms. The van der Waals surface area contributed by atoms with Crippen LogP contribution in [0.2, 0.25) is 0 Å². The quantitative estimate of drug-likeness (QED) is 0.215. The van der Waals surface area contributed by atoms with Gasteiger partial charge in [-0.05, 0) is 54.0 Å². The van der Waals surface area contributed by atoms with Crippen molar-refractivity contribution in [2.45, 2.75) is 11.1 Å². The minimum absolute atomic E-state index is 0.0711. The monoisotopic (exact) mass is 609 g/mol. The predicted octanol–water partition coefficient (Wildman–Crippen LogP) is 6.96. The number of ether oxygens (including phenoxy) is 1. The van der Waals surface area contributed by atoms with Crippen LogP contribution in [0.15, 0.2) is 101 Å². The molecule has 0 amide bonds. The summed E-state index contributed by atoms with van der Waals surface area (Å²) < 4.78 is 76.7. The number of H-pyrrole nitrogens is 1. The van der Waals surface area contributed by atoms with Gasteiger partial charge in [0, 0.05) is 22.9 Å². The topological polar surface area (TPSA) is 148 Å². The summed E-state index contributed by atoms with van der Waals surface area (Å²) in [6, 6.07) is 18.5. The molecule has 3 heterocycles. The molecule has 3 aromatic heterocycles. The molecule has 0 fully saturated rings. The van der Waals surface area contributed by atoms with Crippen LogP contribution in [0.5, 0.6) is 11.5 Å². The molecule has 9 nitrogen and oxygen atoms in total. The van der Waals surface area contributed by atoms with Gasteiger partial charge in [-0.2, -0.15) is 22.8 Å². The van der Waals surface area contributed by atoms with E-state index in [2.05, 4.69) is 20.4 Å². The highest BCUT2D eigenvalue weighted by molar-refractivity contribution is 7.89. The summed E-state index contributed by atoms with van der Waals surface area (Å²) in [5.74, 6) is 0.594. The van der Waals surface area contributed by atoms with Crippen LogP contribution < -0.4 is 9.88 Å². The Balaban J connectivity index is 0.000000199. The molecule has 6 rings (SSSR count). The fourth-order valence-electron chi connectivity index (χ4n) is 4.06. The van der Waals surface area contributed by atoms with Gasteiger partial charge < -0.3 is 14.1 Å². The fourth-order valence-corrected chi connectivity index (χ4v) is 5.43. The van der Waals surface area contributed by atoms with Gasteiger partial charge in [-0.25, -0.2) is 18.5 Å². The van der Waals surface area contributed by atoms with Crippen molar-refractivity contribution in [2.24, 2.45) is 5.14 Å². The molecule has 0 saturated heterocycles. The van der Waals surface area contributed by atoms with E-state index in [9.17, 15) is 26.9 Å². The fraction of sp³-hybridized carbons (Fsp3) is 0.0357. The number of primary sulfonamides is 1. The van der Waals surface area contributed by atoms with Crippen molar-refractivity contribution in [1.82, 2.24) is 14.3 Å². The zero-order valence-corrected chi connectivity index (χ0v) is 22.8. The number of halogens is 3. The number of sulfonamides is 1. The summed E-state index contributed by atoms with van der Waals surface area (Å²) in [6.07, 6.45) is 1.17. The Bertz CT molecular complexity index is 2000. The highest BCUT2D eigenvalue weighted by Gasteiger charge is 2.31. The van der Waals surface area contributed by atoms with Gasteiger partial charge in [0.2, 0.25) is 10.0 Å². The molecule has 212 valence electrons. The molecule has 0 aliphatic rings. The predicted molar refractivity (Wildman–Crippen MR) is 149 cm³/mol. The number of aromatic nitrogens is 3. The lowest BCUT2D eigenvalue weighted by Gasteiger charge is -2.14. The summed E-state index contributed by atoms with van der Waals surface area (Å²) >= 11 is 1.13. The normalized spacial score (nSPS) is 11.5. The average Bonchev–Trinajstić information content (AvgIpc) is 3.75. The van der Waals surface area contributed by atoms with Crippen molar-refractivity contribution in [3.8, 4) is 39.3 Å². The molecule has 0 spiro atoms. The zero-order chi connectivity index (χ0) is 29.9. The molecule has 14 heteroatoms. The number of alkyl halides is 3. The lowest BCUT2D eigenvalue weighted by molar-refractivity contribution is -0.137. The highest BCUT2D eigenvalue weighted by Crippen LogP contribution is 2.41. The summed E-state index contributed by atoms with van der Waals surface area (Å²) in [4.78, 5) is 6.99. The Morgan fingerprint density at radius 3 is 2.50 bits per heavy atom. The number of nitriles is 1. The zero-order valence-electron chi connectivity index (χ0n) is 21.2. The van der Waals surface area contributed by atoms with Crippen LogP contribution in [0, 0.1) is 11.3 Å². The molecule has 0 bridgehead atoms. The van der Waals surface area contributed by atoms with Gasteiger partial charge >= 0.3 is 6.18 Å². The van der Waals surface area contributed by atoms with Gasteiger partial charge in [0.1, 0.15) is 28.9 Å². The van der Waals surface area contributed by atoms with E-state index in [-0.39, 0.29) is 16.2 Å². The van der Waals surface area contributed by atoms with E-state index in [4.69, 9.17) is 14.3 Å². The molecule has 3 aromatic carbocycles. The first kappa shape index (κ1) is 28.6. The smallest absolute Gasteiger partial charge is 0.416 e. The third-order valence-corrected chi connectivity index (χ3v) is 7.60. The van der Waals surface area contributed by atoms with E-state index in [1.54, 1.807) is 48.7 Å². The molecule has 6 aromatic rings. The highest BCUT2D eigenvalue weighted by atomic mass is 32.2. The summed E-state index contributed by atoms with van der Waals surface area (Å²) in [5, 5.41) is 15.5. The number of rotatable bonds is 5. The molecular formula is C28H18F3N5O4S2. The molecule has 3 N–H and O–H groups in total. The number of furan rings is 1. The Kier molecular flexibility index (Phi) is 7.81. The van der Waals surface area contributed by atoms with Gasteiger partial charge in [0.15, 0.2) is 0 Å². The number of nitrogens with two attached hydrogens (primary N) is 1. The lowest BCUT2D eigenvalue weighted by Crippen LogP contribution is -2.13. The molecule has 0 aliphatic heterocycles. The van der Waals surface area contributed by atoms with Crippen LogP contribution in [0.3, 0.4) is 0 Å². The van der Waals surface area contributed by atoms with Crippen molar-refractivity contribution in [3.05, 3.63) is 103 Å². The first-order chi connectivity index (χ1) is 20.1. The number of aromatic amines is 1. The minimum Gasteiger partial charge on any atom is -0.472 e. The van der Waals surface area contributed by atoms with Gasteiger partial charge in [-0.3, -0.25) is 0 Å². The van der Waals surface area contributed by atoms with Gasteiger partial charge in [0.05, 0.1) is 39.5 Å². The second-order valence-corrected chi connectivity index (χ2v) is 10.9. The van der Waals surface area contributed by atoms with E-state index in [1.165, 1.54) is 31.0 Å².